The van der Waals surface area contributed by atoms with E-state index in [1.807, 2.05) is 0 Å². The fourth-order valence-corrected chi connectivity index (χ4v) is 1.64. The average molecular weight is 322 g/mol. The van der Waals surface area contributed by atoms with Gasteiger partial charge in [-0.3, -0.25) is 4.79 Å². The predicted octanol–water partition coefficient (Wildman–Crippen LogP) is 2.32. The van der Waals surface area contributed by atoms with Crippen LogP contribution in [0.2, 0.25) is 0 Å². The maximum atomic E-state index is 12.1. The summed E-state index contributed by atoms with van der Waals surface area (Å²) >= 11 is 0. The minimum absolute atomic E-state index is 0.318. The van der Waals surface area contributed by atoms with E-state index in [0.717, 1.165) is 0 Å². The van der Waals surface area contributed by atoms with E-state index in [1.54, 1.807) is 39.0 Å². The first-order valence-corrected chi connectivity index (χ1v) is 7.11. The molecule has 0 fully saturated rings. The van der Waals surface area contributed by atoms with Crippen molar-refractivity contribution in [2.75, 3.05) is 12.4 Å². The summed E-state index contributed by atoms with van der Waals surface area (Å²) in [4.78, 5) is 35.2. The van der Waals surface area contributed by atoms with Crippen molar-refractivity contribution in [1.82, 2.24) is 5.32 Å². The molecule has 2 amide bonds. The number of carbonyl (C=O) groups excluding carboxylic acids is 3. The van der Waals surface area contributed by atoms with E-state index in [-0.39, 0.29) is 0 Å². The Labute approximate surface area is 135 Å². The molecule has 0 saturated heterocycles. The lowest BCUT2D eigenvalue weighted by Crippen LogP contribution is -2.43. The first-order valence-electron chi connectivity index (χ1n) is 7.11. The fourth-order valence-electron chi connectivity index (χ4n) is 1.64. The summed E-state index contributed by atoms with van der Waals surface area (Å²) in [6.07, 6.45) is -0.677. The van der Waals surface area contributed by atoms with Gasteiger partial charge < -0.3 is 20.1 Å². The number of ether oxygens (including phenoxy) is 2. The van der Waals surface area contributed by atoms with Crippen molar-refractivity contribution in [3.05, 3.63) is 29.8 Å². The van der Waals surface area contributed by atoms with Gasteiger partial charge in [0.2, 0.25) is 5.91 Å². The maximum Gasteiger partial charge on any atom is 0.408 e. The van der Waals surface area contributed by atoms with Crippen LogP contribution in [0.15, 0.2) is 24.3 Å². The smallest absolute Gasteiger partial charge is 0.408 e. The normalized spacial score (nSPS) is 12.0. The molecule has 23 heavy (non-hydrogen) atoms. The van der Waals surface area contributed by atoms with Gasteiger partial charge in [-0.25, -0.2) is 9.59 Å². The van der Waals surface area contributed by atoms with Crippen LogP contribution < -0.4 is 10.6 Å². The molecule has 1 aromatic rings. The topological polar surface area (TPSA) is 93.7 Å². The lowest BCUT2D eigenvalue weighted by molar-refractivity contribution is -0.117. The standard InChI is InChI=1S/C16H22N2O5/c1-10(17-15(21)23-16(2,3)4)13(19)18-12-8-6-7-11(9-12)14(20)22-5/h6-10H,1-5H3,(H,17,21)(H,18,19)/t10-/m0/s1. The Morgan fingerprint density at radius 1 is 1.17 bits per heavy atom. The number of hydrogen-bond donors (Lipinski definition) is 2. The summed E-state index contributed by atoms with van der Waals surface area (Å²) in [5, 5.41) is 5.05. The minimum atomic E-state index is -0.799. The molecule has 1 atom stereocenters. The first-order chi connectivity index (χ1) is 10.6. The summed E-state index contributed by atoms with van der Waals surface area (Å²) in [5.41, 5.74) is 0.101. The molecule has 0 bridgehead atoms. The van der Waals surface area contributed by atoms with Gasteiger partial charge in [-0.15, -0.1) is 0 Å². The van der Waals surface area contributed by atoms with Crippen molar-refractivity contribution in [2.45, 2.75) is 39.3 Å². The van der Waals surface area contributed by atoms with E-state index in [2.05, 4.69) is 15.4 Å². The molecule has 0 unspecified atom stereocenters. The Bertz CT molecular complexity index is 592. The largest absolute Gasteiger partial charge is 0.465 e. The van der Waals surface area contributed by atoms with Crippen molar-refractivity contribution in [3.63, 3.8) is 0 Å². The lowest BCUT2D eigenvalue weighted by atomic mass is 10.2. The second-order valence-electron chi connectivity index (χ2n) is 5.93. The third-order valence-electron chi connectivity index (χ3n) is 2.68. The van der Waals surface area contributed by atoms with E-state index in [9.17, 15) is 14.4 Å². The number of anilines is 1. The number of nitrogens with one attached hydrogen (secondary N) is 2. The second kappa shape index (κ2) is 7.62. The van der Waals surface area contributed by atoms with Crippen LogP contribution in [0.5, 0.6) is 0 Å². The summed E-state index contributed by atoms with van der Waals surface area (Å²) in [7, 11) is 1.28. The molecule has 0 aliphatic rings. The van der Waals surface area contributed by atoms with Gasteiger partial charge in [0.25, 0.3) is 0 Å². The molecule has 0 saturated carbocycles. The summed E-state index contributed by atoms with van der Waals surface area (Å²) < 4.78 is 9.70. The lowest BCUT2D eigenvalue weighted by Gasteiger charge is -2.21. The third-order valence-corrected chi connectivity index (χ3v) is 2.68. The number of hydrogen-bond acceptors (Lipinski definition) is 5. The predicted molar refractivity (Wildman–Crippen MR) is 85.2 cm³/mol. The van der Waals surface area contributed by atoms with Crippen LogP contribution in [0.1, 0.15) is 38.1 Å². The van der Waals surface area contributed by atoms with E-state index in [4.69, 9.17) is 4.74 Å². The van der Waals surface area contributed by atoms with E-state index in [1.165, 1.54) is 20.1 Å². The Morgan fingerprint density at radius 3 is 2.39 bits per heavy atom. The van der Waals surface area contributed by atoms with Gasteiger partial charge >= 0.3 is 12.1 Å². The van der Waals surface area contributed by atoms with Crippen LogP contribution in [0, 0.1) is 0 Å². The number of esters is 1. The molecule has 1 rings (SSSR count). The molecule has 7 heteroatoms. The Morgan fingerprint density at radius 2 is 1.83 bits per heavy atom. The van der Waals surface area contributed by atoms with Crippen LogP contribution >= 0.6 is 0 Å². The summed E-state index contributed by atoms with van der Waals surface area (Å²) in [6, 6.07) is 5.51. The molecule has 1 aromatic carbocycles. The van der Waals surface area contributed by atoms with E-state index < -0.39 is 29.6 Å². The van der Waals surface area contributed by atoms with Gasteiger partial charge in [-0.05, 0) is 45.9 Å². The van der Waals surface area contributed by atoms with Crippen molar-refractivity contribution >= 4 is 23.7 Å². The molecule has 2 N–H and O–H groups in total. The highest BCUT2D eigenvalue weighted by Gasteiger charge is 2.21. The first kappa shape index (κ1) is 18.5. The SMILES string of the molecule is COC(=O)c1cccc(NC(=O)[C@H](C)NC(=O)OC(C)(C)C)c1. The van der Waals surface area contributed by atoms with Gasteiger partial charge in [0.05, 0.1) is 12.7 Å². The van der Waals surface area contributed by atoms with Gasteiger partial charge in [0, 0.05) is 5.69 Å². The minimum Gasteiger partial charge on any atom is -0.465 e. The zero-order valence-corrected chi connectivity index (χ0v) is 13.9. The van der Waals surface area contributed by atoms with Crippen molar-refractivity contribution < 1.29 is 23.9 Å². The van der Waals surface area contributed by atoms with Crippen LogP contribution in [-0.2, 0) is 14.3 Å². The molecular weight excluding hydrogens is 300 g/mol. The Hall–Kier alpha value is -2.57. The molecule has 0 heterocycles. The molecule has 0 radical (unpaired) electrons. The Balaban J connectivity index is 2.65. The van der Waals surface area contributed by atoms with Crippen LogP contribution in [-0.4, -0.2) is 36.7 Å². The highest BCUT2D eigenvalue weighted by Crippen LogP contribution is 2.12. The highest BCUT2D eigenvalue weighted by molar-refractivity contribution is 5.97. The average Bonchev–Trinajstić information content (AvgIpc) is 2.44. The quantitative estimate of drug-likeness (QED) is 0.830. The number of methoxy groups -OCH3 is 1. The summed E-state index contributed by atoms with van der Waals surface area (Å²) in [5.74, 6) is -0.932. The monoisotopic (exact) mass is 322 g/mol. The van der Waals surface area contributed by atoms with Crippen LogP contribution in [0.3, 0.4) is 0 Å². The molecule has 0 aliphatic heterocycles. The Kier molecular flexibility index (Phi) is 6.12. The molecule has 0 aliphatic carbocycles. The van der Waals surface area contributed by atoms with Crippen molar-refractivity contribution in [2.24, 2.45) is 0 Å². The van der Waals surface area contributed by atoms with E-state index >= 15 is 0 Å². The second-order valence-corrected chi connectivity index (χ2v) is 5.93. The number of alkyl carbamates (subject to hydrolysis) is 1. The fraction of sp³-hybridized carbons (Fsp3) is 0.438. The van der Waals surface area contributed by atoms with Crippen LogP contribution in [0.4, 0.5) is 10.5 Å². The van der Waals surface area contributed by atoms with Gasteiger partial charge in [0.1, 0.15) is 11.6 Å². The third kappa shape index (κ3) is 6.37. The van der Waals surface area contributed by atoms with Crippen molar-refractivity contribution in [1.29, 1.82) is 0 Å². The van der Waals surface area contributed by atoms with Gasteiger partial charge in [-0.1, -0.05) is 6.07 Å². The van der Waals surface area contributed by atoms with Gasteiger partial charge in [-0.2, -0.15) is 0 Å². The van der Waals surface area contributed by atoms with Gasteiger partial charge in [0.15, 0.2) is 0 Å². The maximum absolute atomic E-state index is 12.1. The van der Waals surface area contributed by atoms with Crippen molar-refractivity contribution in [3.8, 4) is 0 Å². The van der Waals surface area contributed by atoms with E-state index in [0.29, 0.717) is 11.3 Å². The molecule has 0 spiro atoms. The molecule has 7 nitrogen and oxygen atoms in total. The molecule has 126 valence electrons. The molecule has 0 aromatic heterocycles. The zero-order valence-electron chi connectivity index (χ0n) is 13.9. The number of amides is 2. The number of benzene rings is 1. The summed E-state index contributed by atoms with van der Waals surface area (Å²) in [6.45, 7) is 6.73. The highest BCUT2D eigenvalue weighted by atomic mass is 16.6. The number of rotatable bonds is 4. The number of carbonyl (C=O) groups is 3. The van der Waals surface area contributed by atoms with Crippen LogP contribution in [0.25, 0.3) is 0 Å². The molecular formula is C16H22N2O5. The zero-order chi connectivity index (χ0) is 17.6.